The number of benzene rings is 2. The largest absolute Gasteiger partial charge is 0.492 e. The Morgan fingerprint density at radius 3 is 2.46 bits per heavy atom. The Balaban J connectivity index is 1.46. The molecule has 0 aromatic heterocycles. The van der Waals surface area contributed by atoms with Crippen molar-refractivity contribution in [2.45, 2.75) is 75.5 Å². The van der Waals surface area contributed by atoms with Gasteiger partial charge >= 0.3 is 0 Å². The number of carbonyl (C=O) groups is 1. The number of ether oxygens (including phenoxy) is 1. The third-order valence-corrected chi connectivity index (χ3v) is 10.3. The van der Waals surface area contributed by atoms with Crippen molar-refractivity contribution >= 4 is 15.9 Å². The normalized spacial score (nSPS) is 25.7. The standard InChI is InChI=1S/C30H41N3O5S/c1-29(2,3)11-15-32-16-12-30(13-17-32)14-18-38-26-19-23(22-7-5-4-6-8-22)9-10-27(26)39(36,37)33-21-24(34)20-25(33)28(35)31-30/h4-10,19,24-25,34H,11-18,20-21H2,1-3H3,(H,31,35)/t24-,25+/m1/s1. The summed E-state index contributed by atoms with van der Waals surface area (Å²) < 4.78 is 35.2. The van der Waals surface area contributed by atoms with Gasteiger partial charge in [-0.15, -0.1) is 0 Å². The van der Waals surface area contributed by atoms with Crippen LogP contribution in [0.5, 0.6) is 5.75 Å². The van der Waals surface area contributed by atoms with Crippen LogP contribution < -0.4 is 10.1 Å². The Bertz CT molecular complexity index is 1280. The number of rotatable bonds is 3. The third-order valence-electron chi connectivity index (χ3n) is 8.39. The van der Waals surface area contributed by atoms with E-state index < -0.39 is 27.7 Å². The van der Waals surface area contributed by atoms with Crippen LogP contribution in [0.3, 0.4) is 0 Å². The smallest absolute Gasteiger partial charge is 0.247 e. The van der Waals surface area contributed by atoms with Gasteiger partial charge in [-0.2, -0.15) is 4.31 Å². The van der Waals surface area contributed by atoms with Gasteiger partial charge in [0.2, 0.25) is 15.9 Å². The van der Waals surface area contributed by atoms with Gasteiger partial charge in [-0.05, 0) is 54.5 Å². The fraction of sp³-hybridized carbons (Fsp3) is 0.567. The predicted molar refractivity (Wildman–Crippen MR) is 151 cm³/mol. The minimum Gasteiger partial charge on any atom is -0.492 e. The van der Waals surface area contributed by atoms with E-state index in [4.69, 9.17) is 4.74 Å². The molecule has 0 radical (unpaired) electrons. The number of aliphatic hydroxyl groups excluding tert-OH is 1. The number of sulfonamides is 1. The summed E-state index contributed by atoms with van der Waals surface area (Å²) >= 11 is 0. The van der Waals surface area contributed by atoms with Gasteiger partial charge in [-0.1, -0.05) is 57.2 Å². The number of aliphatic hydroxyl groups is 1. The van der Waals surface area contributed by atoms with Crippen LogP contribution in [0.2, 0.25) is 0 Å². The summed E-state index contributed by atoms with van der Waals surface area (Å²) in [5.41, 5.74) is 1.59. The molecule has 9 heteroatoms. The van der Waals surface area contributed by atoms with Crippen LogP contribution in [-0.4, -0.2) is 79.1 Å². The van der Waals surface area contributed by atoms with E-state index in [1.807, 2.05) is 30.3 Å². The van der Waals surface area contributed by atoms with Crippen LogP contribution in [0.4, 0.5) is 0 Å². The lowest BCUT2D eigenvalue weighted by molar-refractivity contribution is -0.127. The van der Waals surface area contributed by atoms with Gasteiger partial charge in [0.15, 0.2) is 0 Å². The van der Waals surface area contributed by atoms with Crippen molar-refractivity contribution in [1.82, 2.24) is 14.5 Å². The Labute approximate surface area is 232 Å². The molecule has 39 heavy (non-hydrogen) atoms. The monoisotopic (exact) mass is 555 g/mol. The molecule has 0 unspecified atom stereocenters. The molecule has 2 atom stereocenters. The van der Waals surface area contributed by atoms with E-state index in [2.05, 4.69) is 31.0 Å². The molecule has 8 nitrogen and oxygen atoms in total. The highest BCUT2D eigenvalue weighted by Crippen LogP contribution is 2.37. The van der Waals surface area contributed by atoms with Gasteiger partial charge < -0.3 is 20.1 Å². The quantitative estimate of drug-likeness (QED) is 0.600. The number of piperidine rings is 1. The molecule has 2 fully saturated rings. The average Bonchev–Trinajstić information content (AvgIpc) is 3.30. The van der Waals surface area contributed by atoms with Crippen LogP contribution in [0.1, 0.15) is 52.9 Å². The molecule has 212 valence electrons. The van der Waals surface area contributed by atoms with Crippen LogP contribution in [0.15, 0.2) is 53.4 Å². The first-order chi connectivity index (χ1) is 18.5. The minimum absolute atomic E-state index is 0.0297. The number of hydrogen-bond donors (Lipinski definition) is 2. The maximum Gasteiger partial charge on any atom is 0.247 e. The Morgan fingerprint density at radius 2 is 1.77 bits per heavy atom. The molecule has 1 amide bonds. The zero-order chi connectivity index (χ0) is 27.8. The van der Waals surface area contributed by atoms with Crippen molar-refractivity contribution in [3.8, 4) is 16.9 Å². The second-order valence-corrected chi connectivity index (χ2v) is 14.4. The van der Waals surface area contributed by atoms with Crippen LogP contribution in [0, 0.1) is 5.41 Å². The molecular formula is C30H41N3O5S. The number of carbonyl (C=O) groups excluding carboxylic acids is 1. The number of amides is 1. The van der Waals surface area contributed by atoms with Crippen molar-refractivity contribution in [3.63, 3.8) is 0 Å². The van der Waals surface area contributed by atoms with E-state index in [1.165, 1.54) is 0 Å². The molecule has 5 rings (SSSR count). The lowest BCUT2D eigenvalue weighted by Crippen LogP contribution is -2.59. The molecule has 0 saturated carbocycles. The molecule has 1 spiro atoms. The molecule has 3 aliphatic heterocycles. The molecule has 0 bridgehead atoms. The van der Waals surface area contributed by atoms with Crippen molar-refractivity contribution in [2.75, 3.05) is 32.8 Å². The first-order valence-electron chi connectivity index (χ1n) is 14.0. The number of fused-ring (bicyclic) bond motifs is 2. The third kappa shape index (κ3) is 6.16. The van der Waals surface area contributed by atoms with Crippen LogP contribution in [-0.2, 0) is 14.8 Å². The predicted octanol–water partition coefficient (Wildman–Crippen LogP) is 3.65. The van der Waals surface area contributed by atoms with Crippen LogP contribution in [0.25, 0.3) is 11.1 Å². The summed E-state index contributed by atoms with van der Waals surface area (Å²) in [6.45, 7) is 9.65. The van der Waals surface area contributed by atoms with Gasteiger partial charge in [0.1, 0.15) is 16.7 Å². The highest BCUT2D eigenvalue weighted by atomic mass is 32.2. The fourth-order valence-corrected chi connectivity index (χ4v) is 7.65. The van der Waals surface area contributed by atoms with Crippen molar-refractivity contribution in [1.29, 1.82) is 0 Å². The van der Waals surface area contributed by atoms with E-state index in [0.29, 0.717) is 6.42 Å². The number of hydrogen-bond acceptors (Lipinski definition) is 6. The highest BCUT2D eigenvalue weighted by Gasteiger charge is 2.47. The summed E-state index contributed by atoms with van der Waals surface area (Å²) in [6, 6.07) is 13.9. The summed E-state index contributed by atoms with van der Waals surface area (Å²) in [6.07, 6.45) is 2.40. The van der Waals surface area contributed by atoms with Gasteiger partial charge in [0.05, 0.1) is 12.7 Å². The van der Waals surface area contributed by atoms with E-state index in [1.54, 1.807) is 18.2 Å². The second-order valence-electron chi connectivity index (χ2n) is 12.5. The molecule has 2 saturated heterocycles. The lowest BCUT2D eigenvalue weighted by atomic mass is 9.83. The van der Waals surface area contributed by atoms with E-state index >= 15 is 0 Å². The highest BCUT2D eigenvalue weighted by molar-refractivity contribution is 7.89. The van der Waals surface area contributed by atoms with Gasteiger partial charge in [-0.25, -0.2) is 8.42 Å². The van der Waals surface area contributed by atoms with E-state index in [-0.39, 0.29) is 41.5 Å². The first kappa shape index (κ1) is 28.1. The molecule has 2 aromatic carbocycles. The molecule has 3 aliphatic rings. The molecule has 3 heterocycles. The molecule has 0 aliphatic carbocycles. The Morgan fingerprint density at radius 1 is 1.05 bits per heavy atom. The number of nitrogens with zero attached hydrogens (tertiary/aromatic N) is 2. The number of likely N-dealkylation sites (tertiary alicyclic amines) is 1. The molecule has 2 aromatic rings. The SMILES string of the molecule is CC(C)(C)CCN1CCC2(CCOc3cc(-c4ccccc4)ccc3S(=O)(=O)N3C[C@H](O)C[C@H]3C(=O)N2)CC1. The van der Waals surface area contributed by atoms with Gasteiger partial charge in [0, 0.05) is 38.0 Å². The topological polar surface area (TPSA) is 99.2 Å². The second kappa shape index (κ2) is 10.8. The maximum absolute atomic E-state index is 13.9. The average molecular weight is 556 g/mol. The van der Waals surface area contributed by atoms with E-state index in [9.17, 15) is 18.3 Å². The van der Waals surface area contributed by atoms with Crippen LogP contribution >= 0.6 is 0 Å². The van der Waals surface area contributed by atoms with Gasteiger partial charge in [-0.3, -0.25) is 4.79 Å². The Kier molecular flexibility index (Phi) is 7.81. The van der Waals surface area contributed by atoms with Crippen molar-refractivity contribution in [3.05, 3.63) is 48.5 Å². The lowest BCUT2D eigenvalue weighted by Gasteiger charge is -2.43. The first-order valence-corrected chi connectivity index (χ1v) is 15.5. The molecule has 2 N–H and O–H groups in total. The van der Waals surface area contributed by atoms with Crippen molar-refractivity contribution in [2.24, 2.45) is 5.41 Å². The number of nitrogens with one attached hydrogen (secondary N) is 1. The summed E-state index contributed by atoms with van der Waals surface area (Å²) in [7, 11) is -4.09. The zero-order valence-corrected chi connectivity index (χ0v) is 24.0. The maximum atomic E-state index is 13.9. The Hall–Kier alpha value is -2.46. The summed E-state index contributed by atoms with van der Waals surface area (Å²) in [4.78, 5) is 16.1. The summed E-state index contributed by atoms with van der Waals surface area (Å²) in [5, 5.41) is 13.7. The zero-order valence-electron chi connectivity index (χ0n) is 23.2. The van der Waals surface area contributed by atoms with E-state index in [0.717, 1.165) is 54.3 Å². The van der Waals surface area contributed by atoms with Crippen molar-refractivity contribution < 1.29 is 23.1 Å². The fourth-order valence-electron chi connectivity index (χ4n) is 5.90. The van der Waals surface area contributed by atoms with Gasteiger partial charge in [0.25, 0.3) is 0 Å². The minimum atomic E-state index is -4.09. The summed E-state index contributed by atoms with van der Waals surface area (Å²) in [5.74, 6) is -0.0498. The molecular weight excluding hydrogens is 514 g/mol.